The first-order valence-corrected chi connectivity index (χ1v) is 13.7. The minimum Gasteiger partial charge on any atom is -0.497 e. The van der Waals surface area contributed by atoms with Crippen molar-refractivity contribution in [2.24, 2.45) is 5.92 Å². The first-order chi connectivity index (χ1) is 20.1. The number of ether oxygens (including phenoxy) is 2. The Hall–Kier alpha value is -4.42. The summed E-state index contributed by atoms with van der Waals surface area (Å²) in [5.74, 6) is -0.290. The van der Waals surface area contributed by atoms with Gasteiger partial charge in [-0.1, -0.05) is 23.7 Å². The molecule has 1 saturated carbocycles. The van der Waals surface area contributed by atoms with Crippen LogP contribution in [0.25, 0.3) is 5.76 Å². The predicted molar refractivity (Wildman–Crippen MR) is 145 cm³/mol. The van der Waals surface area contributed by atoms with Gasteiger partial charge >= 0.3 is 6.36 Å². The lowest BCUT2D eigenvalue weighted by Gasteiger charge is -2.29. The maximum Gasteiger partial charge on any atom is 0.573 e. The molecule has 2 atom stereocenters. The number of nitrogens with zero attached hydrogens (tertiary/aromatic N) is 1. The average molecular weight is 591 g/mol. The molecule has 0 saturated heterocycles. The second-order valence-corrected chi connectivity index (χ2v) is 10.0. The number of rotatable bonds is 11. The number of nitrogens with one attached hydrogen (secondary N) is 3. The number of unbranched alkanes of at least 4 members (excludes halogenated alkanes) is 1. The molecule has 10 nitrogen and oxygen atoms in total. The molecule has 0 aromatic heterocycles. The van der Waals surface area contributed by atoms with Gasteiger partial charge in [0.2, 0.25) is 5.91 Å². The summed E-state index contributed by atoms with van der Waals surface area (Å²) in [6.45, 7) is 0.410. The van der Waals surface area contributed by atoms with Gasteiger partial charge in [0.25, 0.3) is 11.8 Å². The van der Waals surface area contributed by atoms with Crippen LogP contribution < -0.4 is 25.5 Å². The molecule has 0 bridgehead atoms. The summed E-state index contributed by atoms with van der Waals surface area (Å²) in [5, 5.41) is 6.86. The van der Waals surface area contributed by atoms with Crippen LogP contribution >= 0.6 is 0 Å². The van der Waals surface area contributed by atoms with Crippen molar-refractivity contribution in [2.75, 3.05) is 13.7 Å². The number of carbonyl (C=O) groups is 3. The van der Waals surface area contributed by atoms with Gasteiger partial charge in [-0.05, 0) is 68.5 Å². The van der Waals surface area contributed by atoms with Crippen molar-refractivity contribution >= 4 is 23.5 Å². The van der Waals surface area contributed by atoms with Crippen LogP contribution in [0.2, 0.25) is 0 Å². The maximum atomic E-state index is 12.7. The van der Waals surface area contributed by atoms with Gasteiger partial charge in [0, 0.05) is 36.1 Å². The molecule has 226 valence electrons. The number of methoxy groups -OCH3 is 1. The van der Waals surface area contributed by atoms with Crippen LogP contribution in [-0.2, 0) is 14.4 Å². The van der Waals surface area contributed by atoms with E-state index in [9.17, 15) is 27.6 Å². The Labute approximate surface area is 241 Å². The number of halogens is 3. The summed E-state index contributed by atoms with van der Waals surface area (Å²) >= 11 is 0. The van der Waals surface area contributed by atoms with Crippen LogP contribution in [-0.4, -0.2) is 49.0 Å². The lowest BCUT2D eigenvalue weighted by molar-refractivity contribution is -0.274. The van der Waals surface area contributed by atoms with Gasteiger partial charge in [-0.3, -0.25) is 19.8 Å². The van der Waals surface area contributed by atoms with Gasteiger partial charge in [0.15, 0.2) is 5.76 Å². The minimum absolute atomic E-state index is 0.106. The van der Waals surface area contributed by atoms with Crippen LogP contribution in [0.1, 0.15) is 60.9 Å². The Morgan fingerprint density at radius 3 is 2.60 bits per heavy atom. The van der Waals surface area contributed by atoms with E-state index >= 15 is 0 Å². The fraction of sp³-hybridized carbons (Fsp3) is 0.414. The highest BCUT2D eigenvalue weighted by atomic mass is 19.4. The standard InChI is InChI=1S/C29H33F3N4O6/c1-40-24-9-5-6-20(17-24)25-18-34-36(42-25)26(37)10-2-3-15-33-27(38)21-7-4-8-22(16-21)35-28(39)19-11-13-23(14-12-19)41-29(30,31)32/h5-6,9,11-14,17-18,21-22,34H,2-4,7-8,10,15-16H2,1H3,(H,33,38)(H,35,39)/t21?,22-/m0/s1. The molecule has 2 aromatic rings. The van der Waals surface area contributed by atoms with Crippen molar-refractivity contribution in [1.82, 2.24) is 21.2 Å². The van der Waals surface area contributed by atoms with Crippen LogP contribution in [0.4, 0.5) is 13.2 Å². The molecule has 3 N–H and O–H groups in total. The quantitative estimate of drug-likeness (QED) is 0.331. The average Bonchev–Trinajstić information content (AvgIpc) is 3.47. The number of hydrogen-bond acceptors (Lipinski definition) is 7. The highest BCUT2D eigenvalue weighted by Crippen LogP contribution is 2.27. The Kier molecular flexibility index (Phi) is 10.2. The Balaban J connectivity index is 1.12. The fourth-order valence-corrected chi connectivity index (χ4v) is 4.80. The Morgan fingerprint density at radius 2 is 1.86 bits per heavy atom. The number of carbonyl (C=O) groups excluding carboxylic acids is 3. The normalized spacial score (nSPS) is 18.3. The summed E-state index contributed by atoms with van der Waals surface area (Å²) in [5.41, 5.74) is 3.76. The molecule has 1 aliphatic carbocycles. The zero-order valence-corrected chi connectivity index (χ0v) is 23.0. The van der Waals surface area contributed by atoms with Crippen molar-refractivity contribution in [1.29, 1.82) is 0 Å². The summed E-state index contributed by atoms with van der Waals surface area (Å²) in [6, 6.07) is 11.7. The number of alkyl halides is 3. The summed E-state index contributed by atoms with van der Waals surface area (Å²) in [6.07, 6.45) is 0.775. The third-order valence-corrected chi connectivity index (χ3v) is 6.93. The topological polar surface area (TPSA) is 118 Å². The van der Waals surface area contributed by atoms with E-state index in [1.54, 1.807) is 19.4 Å². The van der Waals surface area contributed by atoms with Crippen molar-refractivity contribution in [3.63, 3.8) is 0 Å². The number of benzene rings is 2. The molecular formula is C29H33F3N4O6. The van der Waals surface area contributed by atoms with E-state index in [1.807, 2.05) is 18.2 Å². The van der Waals surface area contributed by atoms with E-state index in [4.69, 9.17) is 9.57 Å². The zero-order chi connectivity index (χ0) is 30.1. The lowest BCUT2D eigenvalue weighted by Crippen LogP contribution is -2.42. The van der Waals surface area contributed by atoms with Gasteiger partial charge in [0.1, 0.15) is 11.5 Å². The summed E-state index contributed by atoms with van der Waals surface area (Å²) in [4.78, 5) is 43.4. The van der Waals surface area contributed by atoms with E-state index in [0.29, 0.717) is 50.2 Å². The molecule has 3 amide bonds. The third kappa shape index (κ3) is 8.79. The highest BCUT2D eigenvalue weighted by Gasteiger charge is 2.31. The lowest BCUT2D eigenvalue weighted by atomic mass is 9.85. The molecule has 13 heteroatoms. The van der Waals surface area contributed by atoms with Crippen LogP contribution in [0.3, 0.4) is 0 Å². The first kappa shape index (κ1) is 30.5. The fourth-order valence-electron chi connectivity index (χ4n) is 4.80. The van der Waals surface area contributed by atoms with Gasteiger partial charge < -0.3 is 24.9 Å². The molecule has 4 rings (SSSR count). The molecule has 1 unspecified atom stereocenters. The number of hydrazine groups is 1. The largest absolute Gasteiger partial charge is 0.573 e. The molecule has 42 heavy (non-hydrogen) atoms. The van der Waals surface area contributed by atoms with Crippen LogP contribution in [0, 0.1) is 5.92 Å². The van der Waals surface area contributed by atoms with Crippen molar-refractivity contribution in [2.45, 2.75) is 57.3 Å². The second-order valence-electron chi connectivity index (χ2n) is 10.0. The van der Waals surface area contributed by atoms with E-state index in [0.717, 1.165) is 29.3 Å². The molecule has 0 radical (unpaired) electrons. The Morgan fingerprint density at radius 1 is 1.07 bits per heavy atom. The number of hydroxylamine groups is 1. The smallest absolute Gasteiger partial charge is 0.497 e. The molecule has 2 aromatic carbocycles. The third-order valence-electron chi connectivity index (χ3n) is 6.93. The van der Waals surface area contributed by atoms with Gasteiger partial charge in [-0.2, -0.15) is 0 Å². The molecule has 1 fully saturated rings. The van der Waals surface area contributed by atoms with Crippen molar-refractivity contribution < 1.29 is 41.9 Å². The molecule has 0 spiro atoms. The zero-order valence-electron chi connectivity index (χ0n) is 23.0. The molecular weight excluding hydrogens is 557 g/mol. The van der Waals surface area contributed by atoms with Crippen molar-refractivity contribution in [3.05, 3.63) is 65.9 Å². The monoisotopic (exact) mass is 590 g/mol. The molecule has 1 heterocycles. The molecule has 1 aliphatic heterocycles. The summed E-state index contributed by atoms with van der Waals surface area (Å²) < 4.78 is 46.0. The first-order valence-electron chi connectivity index (χ1n) is 13.7. The highest BCUT2D eigenvalue weighted by molar-refractivity contribution is 5.94. The van der Waals surface area contributed by atoms with Gasteiger partial charge in [0.05, 0.1) is 13.3 Å². The maximum absolute atomic E-state index is 12.7. The van der Waals surface area contributed by atoms with Gasteiger partial charge in [-0.25, -0.2) is 0 Å². The van der Waals surface area contributed by atoms with E-state index < -0.39 is 18.0 Å². The predicted octanol–water partition coefficient (Wildman–Crippen LogP) is 4.45. The van der Waals surface area contributed by atoms with Gasteiger partial charge in [-0.15, -0.1) is 13.2 Å². The number of hydrogen-bond donors (Lipinski definition) is 3. The second kappa shape index (κ2) is 14.0. The minimum atomic E-state index is -4.81. The van der Waals surface area contributed by atoms with Crippen molar-refractivity contribution in [3.8, 4) is 11.5 Å². The van der Waals surface area contributed by atoms with Crippen LogP contribution in [0.15, 0.2) is 54.7 Å². The number of amides is 3. The Bertz CT molecular complexity index is 1280. The van der Waals surface area contributed by atoms with Crippen LogP contribution in [0.5, 0.6) is 11.5 Å². The summed E-state index contributed by atoms with van der Waals surface area (Å²) in [7, 11) is 1.57. The van der Waals surface area contributed by atoms with E-state index in [-0.39, 0.29) is 35.8 Å². The van der Waals surface area contributed by atoms with E-state index in [1.165, 1.54) is 12.1 Å². The van der Waals surface area contributed by atoms with E-state index in [2.05, 4.69) is 20.8 Å². The molecule has 2 aliphatic rings. The SMILES string of the molecule is COc1cccc(C2=CNN(C(=O)CCCCNC(=O)C3CCC[C@H](NC(=O)c4ccc(OC(F)(F)F)cc4)C3)O2)c1.